The molecule has 1 aromatic heterocycles. The highest BCUT2D eigenvalue weighted by Crippen LogP contribution is 2.66. The first-order valence-electron chi connectivity index (χ1n) is 13.8. The third kappa shape index (κ3) is 3.46. The number of hydrogen-bond donors (Lipinski definition) is 0. The third-order valence-corrected chi connectivity index (χ3v) is 11.7. The number of thioether (sulfide) groups is 1. The highest BCUT2D eigenvalue weighted by atomic mass is 32.2. The minimum Gasteiger partial charge on any atom is -0.244 e. The molecule has 0 bridgehead atoms. The van der Waals surface area contributed by atoms with Crippen molar-refractivity contribution in [3.8, 4) is 17.2 Å². The molecule has 0 amide bonds. The molecule has 6 rings (SSSR count). The van der Waals surface area contributed by atoms with E-state index in [0.29, 0.717) is 11.3 Å². The van der Waals surface area contributed by atoms with Gasteiger partial charge in [0.15, 0.2) is 0 Å². The number of pyridine rings is 1. The van der Waals surface area contributed by atoms with Crippen molar-refractivity contribution in [3.63, 3.8) is 0 Å². The number of aromatic nitrogens is 1. The van der Waals surface area contributed by atoms with E-state index < -0.39 is 0 Å². The molecule has 2 nitrogen and oxygen atoms in total. The Labute approximate surface area is 215 Å². The average molecular weight is 483 g/mol. The molecule has 3 saturated carbocycles. The Morgan fingerprint density at radius 1 is 1.09 bits per heavy atom. The van der Waals surface area contributed by atoms with Crippen LogP contribution in [0.1, 0.15) is 82.0 Å². The molecule has 2 aromatic rings. The fraction of sp³-hybridized carbons (Fsp3) is 0.562. The second-order valence-electron chi connectivity index (χ2n) is 12.1. The summed E-state index contributed by atoms with van der Waals surface area (Å²) in [6.07, 6.45) is 14.2. The normalized spacial score (nSPS) is 35.2. The molecule has 0 N–H and O–H groups in total. The predicted molar refractivity (Wildman–Crippen MR) is 145 cm³/mol. The number of benzene rings is 1. The van der Waals surface area contributed by atoms with Crippen molar-refractivity contribution >= 4 is 11.8 Å². The SMILES string of the molecule is C=CCSc1nc2c(c(-c3ccccc3)c1C#N)C[C@@H]1[C@H]3CC[C@H]4CCCC[C@]4(C)[C@@H]3CC[C@]21C. The van der Waals surface area contributed by atoms with Crippen LogP contribution in [0.25, 0.3) is 11.1 Å². The summed E-state index contributed by atoms with van der Waals surface area (Å²) in [7, 11) is 0. The Morgan fingerprint density at radius 3 is 2.69 bits per heavy atom. The molecular weight excluding hydrogens is 444 g/mol. The second kappa shape index (κ2) is 8.81. The molecule has 4 aliphatic carbocycles. The molecule has 35 heavy (non-hydrogen) atoms. The van der Waals surface area contributed by atoms with E-state index in [4.69, 9.17) is 4.98 Å². The van der Waals surface area contributed by atoms with Gasteiger partial charge in [-0.15, -0.1) is 18.3 Å². The number of rotatable bonds is 4. The van der Waals surface area contributed by atoms with Gasteiger partial charge in [0, 0.05) is 16.7 Å². The summed E-state index contributed by atoms with van der Waals surface area (Å²) < 4.78 is 0. The first-order chi connectivity index (χ1) is 17.0. The molecule has 0 radical (unpaired) electrons. The predicted octanol–water partition coefficient (Wildman–Crippen LogP) is 8.34. The largest absolute Gasteiger partial charge is 0.244 e. The van der Waals surface area contributed by atoms with E-state index in [0.717, 1.165) is 46.1 Å². The molecule has 1 aromatic carbocycles. The zero-order valence-corrected chi connectivity index (χ0v) is 22.2. The molecule has 3 fully saturated rings. The Balaban J connectivity index is 1.48. The van der Waals surface area contributed by atoms with E-state index in [9.17, 15) is 5.26 Å². The van der Waals surface area contributed by atoms with Crippen molar-refractivity contribution in [2.75, 3.05) is 5.75 Å². The molecule has 6 atom stereocenters. The lowest BCUT2D eigenvalue weighted by Gasteiger charge is -2.59. The molecule has 0 unspecified atom stereocenters. The molecule has 0 spiro atoms. The van der Waals surface area contributed by atoms with Crippen molar-refractivity contribution in [1.82, 2.24) is 4.98 Å². The minimum atomic E-state index is 0.120. The van der Waals surface area contributed by atoms with Gasteiger partial charge in [-0.2, -0.15) is 5.26 Å². The van der Waals surface area contributed by atoms with Crippen LogP contribution in [0.3, 0.4) is 0 Å². The summed E-state index contributed by atoms with van der Waals surface area (Å²) in [4.78, 5) is 5.33. The van der Waals surface area contributed by atoms with Crippen LogP contribution in [0.2, 0.25) is 0 Å². The summed E-state index contributed by atoms with van der Waals surface area (Å²) in [6, 6.07) is 13.2. The van der Waals surface area contributed by atoms with Crippen molar-refractivity contribution in [3.05, 3.63) is 59.8 Å². The minimum absolute atomic E-state index is 0.120. The van der Waals surface area contributed by atoms with Gasteiger partial charge in [0.2, 0.25) is 0 Å². The van der Waals surface area contributed by atoms with Crippen LogP contribution in [0.5, 0.6) is 0 Å². The fourth-order valence-corrected chi connectivity index (χ4v) is 9.77. The van der Waals surface area contributed by atoms with Crippen LogP contribution >= 0.6 is 11.8 Å². The standard InChI is InChI=1S/C32H38N2S/c1-4-18-35-30-25(20-33)28(21-10-6-5-7-11-21)24-19-27-23-14-13-22-12-8-9-16-31(22,2)26(23)15-17-32(27,3)29(24)34-30/h4-7,10-11,22-23,26-27H,1,8-9,12-19H2,2-3H3/t22-,23+,26-,27-,31+,32+/m1/s1. The van der Waals surface area contributed by atoms with Gasteiger partial charge >= 0.3 is 0 Å². The number of hydrogen-bond acceptors (Lipinski definition) is 3. The van der Waals surface area contributed by atoms with Gasteiger partial charge in [0.25, 0.3) is 0 Å². The number of nitrogens with zero attached hydrogens (tertiary/aromatic N) is 2. The maximum atomic E-state index is 10.3. The van der Waals surface area contributed by atoms with Crippen molar-refractivity contribution in [2.45, 2.75) is 82.1 Å². The highest BCUT2D eigenvalue weighted by molar-refractivity contribution is 7.99. The van der Waals surface area contributed by atoms with E-state index in [2.05, 4.69) is 56.8 Å². The fourth-order valence-electron chi connectivity index (χ4n) is 9.05. The maximum Gasteiger partial charge on any atom is 0.115 e. The third-order valence-electron chi connectivity index (χ3n) is 10.7. The summed E-state index contributed by atoms with van der Waals surface area (Å²) in [5.74, 6) is 4.02. The molecule has 4 aliphatic rings. The van der Waals surface area contributed by atoms with Crippen LogP contribution in [-0.4, -0.2) is 10.7 Å². The Morgan fingerprint density at radius 2 is 1.91 bits per heavy atom. The average Bonchev–Trinajstić information content (AvgIpc) is 3.18. The van der Waals surface area contributed by atoms with Crippen LogP contribution in [0.15, 0.2) is 48.0 Å². The zero-order chi connectivity index (χ0) is 24.2. The van der Waals surface area contributed by atoms with Gasteiger partial charge < -0.3 is 0 Å². The Hall–Kier alpha value is -2.05. The second-order valence-corrected chi connectivity index (χ2v) is 13.1. The Bertz CT molecular complexity index is 1180. The molecule has 182 valence electrons. The van der Waals surface area contributed by atoms with Gasteiger partial charge in [-0.05, 0) is 85.2 Å². The van der Waals surface area contributed by atoms with Gasteiger partial charge in [-0.3, -0.25) is 0 Å². The van der Waals surface area contributed by atoms with E-state index >= 15 is 0 Å². The highest BCUT2D eigenvalue weighted by Gasteiger charge is 2.59. The lowest BCUT2D eigenvalue weighted by Crippen LogP contribution is -2.53. The van der Waals surface area contributed by atoms with E-state index in [1.807, 2.05) is 6.08 Å². The topological polar surface area (TPSA) is 36.7 Å². The first kappa shape index (κ1) is 23.4. The molecule has 0 aliphatic heterocycles. The zero-order valence-electron chi connectivity index (χ0n) is 21.4. The lowest BCUT2D eigenvalue weighted by atomic mass is 9.45. The summed E-state index contributed by atoms with van der Waals surface area (Å²) >= 11 is 1.67. The van der Waals surface area contributed by atoms with Crippen molar-refractivity contribution < 1.29 is 0 Å². The van der Waals surface area contributed by atoms with Crippen LogP contribution in [0, 0.1) is 40.4 Å². The summed E-state index contributed by atoms with van der Waals surface area (Å²) in [5.41, 5.74) is 6.44. The van der Waals surface area contributed by atoms with Crippen LogP contribution < -0.4 is 0 Å². The van der Waals surface area contributed by atoms with E-state index in [1.165, 1.54) is 68.2 Å². The van der Waals surface area contributed by atoms with E-state index in [1.54, 1.807) is 11.8 Å². The monoisotopic (exact) mass is 482 g/mol. The van der Waals surface area contributed by atoms with E-state index in [-0.39, 0.29) is 5.41 Å². The molecule has 1 heterocycles. The van der Waals surface area contributed by atoms with Gasteiger partial charge in [0.1, 0.15) is 11.1 Å². The summed E-state index contributed by atoms with van der Waals surface area (Å²) in [5, 5.41) is 11.2. The molecule has 3 heteroatoms. The van der Waals surface area contributed by atoms with Crippen LogP contribution in [-0.2, 0) is 11.8 Å². The molecule has 0 saturated heterocycles. The van der Waals surface area contributed by atoms with Crippen molar-refractivity contribution in [2.24, 2.45) is 29.1 Å². The van der Waals surface area contributed by atoms with Crippen LogP contribution in [0.4, 0.5) is 0 Å². The lowest BCUT2D eigenvalue weighted by molar-refractivity contribution is -0.0908. The van der Waals surface area contributed by atoms with Gasteiger partial charge in [-0.25, -0.2) is 4.98 Å². The number of nitriles is 1. The smallest absolute Gasteiger partial charge is 0.115 e. The quantitative estimate of drug-likeness (QED) is 0.324. The van der Waals surface area contributed by atoms with Gasteiger partial charge in [-0.1, -0.05) is 63.1 Å². The summed E-state index contributed by atoms with van der Waals surface area (Å²) in [6.45, 7) is 9.09. The van der Waals surface area contributed by atoms with Crippen molar-refractivity contribution in [1.29, 1.82) is 5.26 Å². The first-order valence-corrected chi connectivity index (χ1v) is 14.8. The maximum absolute atomic E-state index is 10.3. The Kier molecular flexibility index (Phi) is 5.88. The number of fused-ring (bicyclic) bond motifs is 7. The van der Waals surface area contributed by atoms with Gasteiger partial charge in [0.05, 0.1) is 11.3 Å². The molecular formula is C32H38N2S.